The summed E-state index contributed by atoms with van der Waals surface area (Å²) < 4.78 is 5.35. The molecule has 0 aliphatic carbocycles. The Balaban J connectivity index is 0.00000144. The van der Waals surface area contributed by atoms with E-state index in [9.17, 15) is 0 Å². The van der Waals surface area contributed by atoms with Gasteiger partial charge in [0.05, 0.1) is 7.11 Å². The molecule has 1 aromatic rings. The predicted octanol–water partition coefficient (Wildman–Crippen LogP) is 1.99. The highest BCUT2D eigenvalue weighted by Gasteiger charge is 2.10. The topological polar surface area (TPSA) is 24.5 Å². The highest BCUT2D eigenvalue weighted by molar-refractivity contribution is 5.85. The molecule has 1 saturated heterocycles. The van der Waals surface area contributed by atoms with E-state index in [4.69, 9.17) is 4.74 Å². The Labute approximate surface area is 122 Å². The maximum atomic E-state index is 5.35. The maximum absolute atomic E-state index is 5.35. The number of ether oxygens (including phenoxy) is 1. The zero-order chi connectivity index (χ0) is 11.2. The number of hydrogen-bond acceptors (Lipinski definition) is 3. The van der Waals surface area contributed by atoms with Crippen LogP contribution in [0.25, 0.3) is 0 Å². The number of piperazine rings is 1. The normalized spacial score (nSPS) is 15.4. The van der Waals surface area contributed by atoms with E-state index in [0.717, 1.165) is 44.9 Å². The van der Waals surface area contributed by atoms with Gasteiger partial charge >= 0.3 is 0 Å². The minimum Gasteiger partial charge on any atom is -0.496 e. The molecule has 1 fully saturated rings. The number of benzene rings is 1. The smallest absolute Gasteiger partial charge is 0.122 e. The summed E-state index contributed by atoms with van der Waals surface area (Å²) in [6, 6.07) is 8.29. The lowest BCUT2D eigenvalue weighted by Gasteiger charge is -2.27. The Morgan fingerprint density at radius 3 is 2.50 bits per heavy atom. The molecule has 1 aliphatic rings. The number of methoxy groups -OCH3 is 1. The van der Waals surface area contributed by atoms with E-state index in [-0.39, 0.29) is 24.8 Å². The van der Waals surface area contributed by atoms with Gasteiger partial charge in [0, 0.05) is 32.7 Å². The lowest BCUT2D eigenvalue weighted by molar-refractivity contribution is 0.243. The Kier molecular flexibility index (Phi) is 9.20. The fourth-order valence-electron chi connectivity index (χ4n) is 2.12. The second-order valence-electron chi connectivity index (χ2n) is 4.15. The van der Waals surface area contributed by atoms with Gasteiger partial charge in [0.2, 0.25) is 0 Å². The summed E-state index contributed by atoms with van der Waals surface area (Å²) in [4.78, 5) is 2.50. The maximum Gasteiger partial charge on any atom is 0.122 e. The van der Waals surface area contributed by atoms with Gasteiger partial charge in [-0.2, -0.15) is 0 Å². The number of hydrogen-bond donors (Lipinski definition) is 1. The molecule has 0 radical (unpaired) electrons. The average molecular weight is 293 g/mol. The van der Waals surface area contributed by atoms with Crippen molar-refractivity contribution in [3.05, 3.63) is 29.8 Å². The van der Waals surface area contributed by atoms with Crippen LogP contribution in [0.1, 0.15) is 5.56 Å². The Hall–Kier alpha value is -0.480. The summed E-state index contributed by atoms with van der Waals surface area (Å²) in [5.41, 5.74) is 1.31. The lowest BCUT2D eigenvalue weighted by Crippen LogP contribution is -2.44. The van der Waals surface area contributed by atoms with E-state index in [1.807, 2.05) is 12.1 Å². The summed E-state index contributed by atoms with van der Waals surface area (Å²) in [6.45, 7) is 5.68. The third-order valence-corrected chi connectivity index (χ3v) is 3.10. The standard InChI is InChI=1S/C13H20N2O.2ClH/c1-16-13-5-3-2-4-12(13)6-9-15-10-7-14-8-11-15;;/h2-5,14H,6-11H2,1H3;2*1H. The third kappa shape index (κ3) is 5.02. The first kappa shape index (κ1) is 17.5. The van der Waals surface area contributed by atoms with E-state index in [2.05, 4.69) is 22.3 Å². The number of nitrogens with one attached hydrogen (secondary N) is 1. The molecule has 0 unspecified atom stereocenters. The molecule has 0 saturated carbocycles. The molecular weight excluding hydrogens is 271 g/mol. The van der Waals surface area contributed by atoms with Crippen LogP contribution in [-0.2, 0) is 6.42 Å². The predicted molar refractivity (Wildman–Crippen MR) is 80.5 cm³/mol. The molecule has 18 heavy (non-hydrogen) atoms. The molecule has 1 aliphatic heterocycles. The summed E-state index contributed by atoms with van der Waals surface area (Å²) in [5.74, 6) is 1.01. The average Bonchev–Trinajstić information content (AvgIpc) is 2.38. The first-order valence-corrected chi connectivity index (χ1v) is 5.95. The van der Waals surface area contributed by atoms with Gasteiger partial charge < -0.3 is 15.0 Å². The molecule has 1 heterocycles. The SMILES string of the molecule is COc1ccccc1CCN1CCNCC1.Cl.Cl. The molecule has 5 heteroatoms. The van der Waals surface area contributed by atoms with Crippen molar-refractivity contribution in [2.24, 2.45) is 0 Å². The number of nitrogens with zero attached hydrogens (tertiary/aromatic N) is 1. The van der Waals surface area contributed by atoms with Crippen LogP contribution in [-0.4, -0.2) is 44.7 Å². The Morgan fingerprint density at radius 2 is 1.83 bits per heavy atom. The van der Waals surface area contributed by atoms with E-state index >= 15 is 0 Å². The van der Waals surface area contributed by atoms with Crippen molar-refractivity contribution in [1.29, 1.82) is 0 Å². The minimum absolute atomic E-state index is 0. The zero-order valence-corrected chi connectivity index (χ0v) is 12.4. The van der Waals surface area contributed by atoms with Crippen molar-refractivity contribution in [2.75, 3.05) is 39.8 Å². The van der Waals surface area contributed by atoms with Crippen molar-refractivity contribution in [2.45, 2.75) is 6.42 Å². The highest BCUT2D eigenvalue weighted by Crippen LogP contribution is 2.17. The van der Waals surface area contributed by atoms with Crippen LogP contribution in [0.3, 0.4) is 0 Å². The van der Waals surface area contributed by atoms with Gasteiger partial charge in [0.1, 0.15) is 5.75 Å². The van der Waals surface area contributed by atoms with Gasteiger partial charge in [-0.25, -0.2) is 0 Å². The van der Waals surface area contributed by atoms with Gasteiger partial charge in [0.25, 0.3) is 0 Å². The van der Waals surface area contributed by atoms with Gasteiger partial charge in [0.15, 0.2) is 0 Å². The molecule has 2 rings (SSSR count). The fraction of sp³-hybridized carbons (Fsp3) is 0.538. The van der Waals surface area contributed by atoms with Gasteiger partial charge in [-0.1, -0.05) is 18.2 Å². The lowest BCUT2D eigenvalue weighted by atomic mass is 10.1. The summed E-state index contributed by atoms with van der Waals surface area (Å²) in [7, 11) is 1.74. The van der Waals surface area contributed by atoms with E-state index in [0.29, 0.717) is 0 Å². The molecular formula is C13H22Cl2N2O. The first-order valence-electron chi connectivity index (χ1n) is 5.95. The molecule has 0 spiro atoms. The van der Waals surface area contributed by atoms with Crippen molar-refractivity contribution in [3.63, 3.8) is 0 Å². The summed E-state index contributed by atoms with van der Waals surface area (Å²) in [5, 5.41) is 3.37. The van der Waals surface area contributed by atoms with Crippen LogP contribution in [0.4, 0.5) is 0 Å². The molecule has 1 N–H and O–H groups in total. The fourth-order valence-corrected chi connectivity index (χ4v) is 2.12. The summed E-state index contributed by atoms with van der Waals surface area (Å²) in [6.07, 6.45) is 1.07. The van der Waals surface area contributed by atoms with E-state index < -0.39 is 0 Å². The second kappa shape index (κ2) is 9.45. The molecule has 0 amide bonds. The Bertz CT molecular complexity index is 331. The monoisotopic (exact) mass is 292 g/mol. The third-order valence-electron chi connectivity index (χ3n) is 3.10. The zero-order valence-electron chi connectivity index (χ0n) is 10.7. The Morgan fingerprint density at radius 1 is 1.17 bits per heavy atom. The van der Waals surface area contributed by atoms with Crippen LogP contribution < -0.4 is 10.1 Å². The van der Waals surface area contributed by atoms with Crippen molar-refractivity contribution in [3.8, 4) is 5.75 Å². The van der Waals surface area contributed by atoms with Crippen LogP contribution in [0, 0.1) is 0 Å². The van der Waals surface area contributed by atoms with Crippen molar-refractivity contribution < 1.29 is 4.74 Å². The number of halogens is 2. The molecule has 0 aromatic heterocycles. The van der Waals surface area contributed by atoms with Crippen LogP contribution in [0.5, 0.6) is 5.75 Å². The minimum atomic E-state index is 0. The molecule has 1 aromatic carbocycles. The van der Waals surface area contributed by atoms with Crippen LogP contribution >= 0.6 is 24.8 Å². The van der Waals surface area contributed by atoms with Gasteiger partial charge in [-0.3, -0.25) is 0 Å². The van der Waals surface area contributed by atoms with Crippen LogP contribution in [0.15, 0.2) is 24.3 Å². The largest absolute Gasteiger partial charge is 0.496 e. The highest BCUT2D eigenvalue weighted by atomic mass is 35.5. The van der Waals surface area contributed by atoms with Crippen molar-refractivity contribution in [1.82, 2.24) is 10.2 Å². The quantitative estimate of drug-likeness (QED) is 0.919. The van der Waals surface area contributed by atoms with Gasteiger partial charge in [-0.05, 0) is 18.1 Å². The number of rotatable bonds is 4. The van der Waals surface area contributed by atoms with Crippen LogP contribution in [0.2, 0.25) is 0 Å². The van der Waals surface area contributed by atoms with Gasteiger partial charge in [-0.15, -0.1) is 24.8 Å². The van der Waals surface area contributed by atoms with E-state index in [1.165, 1.54) is 5.56 Å². The number of para-hydroxylation sites is 1. The molecule has 104 valence electrons. The first-order chi connectivity index (χ1) is 7.90. The second-order valence-corrected chi connectivity index (χ2v) is 4.15. The molecule has 3 nitrogen and oxygen atoms in total. The van der Waals surface area contributed by atoms with E-state index in [1.54, 1.807) is 7.11 Å². The molecule has 0 bridgehead atoms. The molecule has 0 atom stereocenters. The van der Waals surface area contributed by atoms with Crippen molar-refractivity contribution >= 4 is 24.8 Å². The summed E-state index contributed by atoms with van der Waals surface area (Å²) >= 11 is 0.